The maximum Gasteiger partial charge on any atom is 2.00 e. The van der Waals surface area contributed by atoms with Crippen molar-refractivity contribution in [1.82, 2.24) is 15.0 Å². The summed E-state index contributed by atoms with van der Waals surface area (Å²) < 4.78 is 11.1. The first-order valence-corrected chi connectivity index (χ1v) is 24.4. The zero-order valence-corrected chi connectivity index (χ0v) is 42.9. The number of fused-ring (bicyclic) bond motifs is 7. The van der Waals surface area contributed by atoms with Crippen molar-refractivity contribution in [3.8, 4) is 0 Å². The Balaban J connectivity index is 0.00000817. The molecular formula is C55H72MgN4O6-2. The van der Waals surface area contributed by atoms with Crippen molar-refractivity contribution in [3.05, 3.63) is 90.1 Å². The number of Topliss-reactive ketones (excluding diaryl/α,β-unsaturated/α-hetero) is 1. The van der Waals surface area contributed by atoms with Crippen molar-refractivity contribution in [3.63, 3.8) is 0 Å². The zero-order valence-electron chi connectivity index (χ0n) is 41.5. The van der Waals surface area contributed by atoms with Gasteiger partial charge in [-0.15, -0.1) is 33.5 Å². The van der Waals surface area contributed by atoms with Crippen molar-refractivity contribution in [2.75, 3.05) is 13.7 Å². The summed E-state index contributed by atoms with van der Waals surface area (Å²) in [5.74, 6) is -0.395. The number of esters is 2. The van der Waals surface area contributed by atoms with E-state index in [2.05, 4.69) is 48.1 Å². The maximum atomic E-state index is 14.4. The molecule has 10 nitrogen and oxygen atoms in total. The Bertz CT molecular complexity index is 2440. The molecule has 5 heterocycles. The monoisotopic (exact) mass is 909 g/mol. The van der Waals surface area contributed by atoms with E-state index in [-0.39, 0.29) is 47.3 Å². The minimum Gasteiger partial charge on any atom is -0.664 e. The topological polar surface area (TPSA) is 143 Å². The number of carbonyl (C=O) groups excluding carboxylic acids is 4. The molecule has 0 amide bonds. The Morgan fingerprint density at radius 3 is 2.00 bits per heavy atom. The van der Waals surface area contributed by atoms with Crippen LogP contribution in [-0.2, 0) is 25.5 Å². The van der Waals surface area contributed by atoms with Crippen LogP contribution in [0.25, 0.3) is 35.2 Å². The maximum absolute atomic E-state index is 14.4. The van der Waals surface area contributed by atoms with E-state index in [1.807, 2.05) is 39.0 Å². The Hall–Kier alpha value is -4.35. The van der Waals surface area contributed by atoms with Crippen LogP contribution in [0.5, 0.6) is 0 Å². The summed E-state index contributed by atoms with van der Waals surface area (Å²) in [6, 6.07) is 0. The molecule has 3 aliphatic rings. The number of carbonyl (C=O) groups is 4. The third kappa shape index (κ3) is 11.7. The summed E-state index contributed by atoms with van der Waals surface area (Å²) in [6.45, 7) is 23.9. The number of hydrogen-bond acceptors (Lipinski definition) is 6. The number of methoxy groups -OCH3 is 1. The van der Waals surface area contributed by atoms with Gasteiger partial charge in [0.15, 0.2) is 5.78 Å². The van der Waals surface area contributed by atoms with Crippen molar-refractivity contribution in [2.24, 2.45) is 41.4 Å². The van der Waals surface area contributed by atoms with Gasteiger partial charge in [-0.3, -0.25) is 19.2 Å². The number of hydrogen-bond donors (Lipinski definition) is 0. The molecule has 8 bridgehead atoms. The Kier molecular flexibility index (Phi) is 18.8. The second-order valence-electron chi connectivity index (χ2n) is 19.8. The molecule has 0 spiro atoms. The first-order chi connectivity index (χ1) is 31.1. The summed E-state index contributed by atoms with van der Waals surface area (Å²) >= 11 is 0. The molecule has 0 radical (unpaired) electrons. The quantitative estimate of drug-likeness (QED) is 0.0417. The predicted molar refractivity (Wildman–Crippen MR) is 265 cm³/mol. The van der Waals surface area contributed by atoms with Crippen LogP contribution >= 0.6 is 0 Å². The van der Waals surface area contributed by atoms with Crippen LogP contribution in [0.2, 0.25) is 0 Å². The summed E-state index contributed by atoms with van der Waals surface area (Å²) in [5, 5.41) is 6.27. The van der Waals surface area contributed by atoms with E-state index >= 15 is 0 Å². The van der Waals surface area contributed by atoms with Gasteiger partial charge in [-0.2, -0.15) is 11.4 Å². The average molecular weight is 910 g/mol. The molecule has 3 aromatic heterocycles. The van der Waals surface area contributed by atoms with Gasteiger partial charge < -0.3 is 29.7 Å². The molecule has 0 saturated carbocycles. The zero-order chi connectivity index (χ0) is 47.1. The number of ketones is 1. The van der Waals surface area contributed by atoms with Crippen molar-refractivity contribution in [2.45, 2.75) is 146 Å². The molecule has 6 rings (SSSR count). The fourth-order valence-electron chi connectivity index (χ4n) is 10.3. The number of rotatable bonds is 22. The number of aldehydes is 1. The number of ether oxygens (including phenoxy) is 2. The molecule has 352 valence electrons. The molecule has 1 saturated heterocycles. The molecule has 1 aliphatic carbocycles. The summed E-state index contributed by atoms with van der Waals surface area (Å²) in [5.41, 5.74) is 7.73. The fraction of sp³-hybridized carbons (Fsp3) is 0.564. The van der Waals surface area contributed by atoms with Crippen molar-refractivity contribution < 1.29 is 28.7 Å². The molecule has 0 unspecified atom stereocenters. The molecule has 66 heavy (non-hydrogen) atoms. The van der Waals surface area contributed by atoms with Crippen LogP contribution in [0.4, 0.5) is 0 Å². The fourth-order valence-corrected chi connectivity index (χ4v) is 10.3. The van der Waals surface area contributed by atoms with Crippen LogP contribution < -0.4 is 25.7 Å². The van der Waals surface area contributed by atoms with Gasteiger partial charge >= 0.3 is 35.0 Å². The number of allylic oxidation sites excluding steroid dienone is 2. The largest absolute Gasteiger partial charge is 2.00 e. The van der Waals surface area contributed by atoms with Crippen LogP contribution in [-0.4, -0.2) is 60.8 Å². The van der Waals surface area contributed by atoms with E-state index in [4.69, 9.17) is 29.7 Å². The summed E-state index contributed by atoms with van der Waals surface area (Å²) in [6.07, 6.45) is 21.5. The van der Waals surface area contributed by atoms with Gasteiger partial charge in [0, 0.05) is 17.5 Å². The number of aromatic nitrogens is 3. The second kappa shape index (κ2) is 23.6. The van der Waals surface area contributed by atoms with Gasteiger partial charge in [-0.05, 0) is 74.2 Å². The Morgan fingerprint density at radius 2 is 1.41 bits per heavy atom. The first kappa shape index (κ1) is 52.6. The Labute approximate surface area is 409 Å². The molecule has 6 atom stereocenters. The molecule has 3 aromatic rings. The van der Waals surface area contributed by atoms with Gasteiger partial charge in [-0.25, -0.2) is 0 Å². The third-order valence-electron chi connectivity index (χ3n) is 14.4. The van der Waals surface area contributed by atoms with Gasteiger partial charge in [0.1, 0.15) is 12.2 Å². The van der Waals surface area contributed by atoms with Crippen LogP contribution in [0, 0.1) is 55.3 Å². The van der Waals surface area contributed by atoms with Crippen molar-refractivity contribution in [1.29, 1.82) is 0 Å². The number of nitrogens with zero attached hydrogens (tertiary/aromatic N) is 4. The van der Waals surface area contributed by atoms with E-state index in [1.165, 1.54) is 58.5 Å². The average Bonchev–Trinajstić information content (AvgIpc) is 4.02. The van der Waals surface area contributed by atoms with Crippen LogP contribution in [0.3, 0.4) is 0 Å². The van der Waals surface area contributed by atoms with E-state index < -0.39 is 17.7 Å². The molecule has 0 aromatic carbocycles. The van der Waals surface area contributed by atoms with E-state index in [0.29, 0.717) is 92.5 Å². The molecular weight excluding hydrogens is 837 g/mol. The first-order valence-electron chi connectivity index (χ1n) is 24.4. The smallest absolute Gasteiger partial charge is 0.664 e. The molecule has 11 heteroatoms. The minimum atomic E-state index is -1.26. The molecule has 1 fully saturated rings. The van der Waals surface area contributed by atoms with Crippen LogP contribution in [0.15, 0.2) is 18.0 Å². The molecule has 2 aliphatic heterocycles. The SMILES string of the molecule is C=Cc1c2[n-]c(c1C)/C=C1\[N-]/C(=C3\c4[n-]c(c(C)c4C(=O)[C@@H]3C(=O)OC)/C=c3\[n-]/c(c(C=O)c3CC)=C\2)[C@@H](CCC(=O)OCC[C@H](C)CCC[C@H](C)CCC[C@H](C)CCCC(C)C)[C@@H]1C.[Mg+2]. The summed E-state index contributed by atoms with van der Waals surface area (Å²) in [7, 11) is 1.28. The van der Waals surface area contributed by atoms with E-state index in [9.17, 15) is 19.2 Å². The van der Waals surface area contributed by atoms with Gasteiger partial charge in [0.25, 0.3) is 0 Å². The van der Waals surface area contributed by atoms with Gasteiger partial charge in [-0.1, -0.05) is 159 Å². The second-order valence-corrected chi connectivity index (χ2v) is 19.8. The Morgan fingerprint density at radius 1 is 0.803 bits per heavy atom. The van der Waals surface area contributed by atoms with E-state index in [1.54, 1.807) is 6.08 Å². The third-order valence-corrected chi connectivity index (χ3v) is 14.4. The van der Waals surface area contributed by atoms with Gasteiger partial charge in [0.2, 0.25) is 0 Å². The normalized spacial score (nSPS) is 21.7. The minimum absolute atomic E-state index is 0. The van der Waals surface area contributed by atoms with Crippen LogP contribution in [0.1, 0.15) is 191 Å². The standard InChI is InChI=1S/C55H73N4O6.Mg/c1-12-38-35(8)42-27-43-36(9)40(23-24-48(61)65-26-25-34(7)22-16-21-33(6)20-15-19-32(5)18-14-17-31(3)4)52(58-43)50-51(55(63)64-11)54(62)49-37(10)44(59-53(49)50)28-46-39(13-2)41(30-60)47(57-46)29-45(38)56-42;/h12,27-34,36,40,51H,1,13-26H2,2-11H3,(H-,58,59,60,62);/q-3;+2/p-1/b43-27-,47-29-;/t32-,33-,34-,36+,40+,51-;/m1./s1. The predicted octanol–water partition coefficient (Wildman–Crippen LogP) is 9.95. The molecule has 0 N–H and O–H groups in total. The van der Waals surface area contributed by atoms with E-state index in [0.717, 1.165) is 53.6 Å². The van der Waals surface area contributed by atoms with Gasteiger partial charge in [0.05, 0.1) is 13.7 Å². The summed E-state index contributed by atoms with van der Waals surface area (Å²) in [4.78, 5) is 68.9. The van der Waals surface area contributed by atoms with Crippen molar-refractivity contribution >= 4 is 76.9 Å².